The molecule has 1 aliphatic heterocycles. The van der Waals surface area contributed by atoms with Crippen LogP contribution in [-0.4, -0.2) is 47.3 Å². The summed E-state index contributed by atoms with van der Waals surface area (Å²) in [5.74, 6) is 0.843. The fraction of sp³-hybridized carbons (Fsp3) is 0.222. The molecule has 1 saturated heterocycles. The number of benzene rings is 3. The van der Waals surface area contributed by atoms with Crippen molar-refractivity contribution in [3.05, 3.63) is 84.4 Å². The highest BCUT2D eigenvalue weighted by Crippen LogP contribution is 2.27. The molecule has 166 valence electrons. The van der Waals surface area contributed by atoms with Gasteiger partial charge >= 0.3 is 6.03 Å². The zero-order chi connectivity index (χ0) is 22.6. The average molecular weight is 438 g/mol. The topological polar surface area (TPSA) is 61.4 Å². The number of aromatic nitrogens is 2. The Labute approximate surface area is 193 Å². The van der Waals surface area contributed by atoms with Crippen molar-refractivity contribution in [2.24, 2.45) is 0 Å². The molecule has 1 aliphatic rings. The monoisotopic (exact) mass is 437 g/mol. The molecule has 5 rings (SSSR count). The molecule has 0 spiro atoms. The number of aryl methyl sites for hydroxylation is 1. The second kappa shape index (κ2) is 9.28. The number of para-hydroxylation sites is 1. The van der Waals surface area contributed by atoms with E-state index in [9.17, 15) is 4.79 Å². The first-order valence-electron chi connectivity index (χ1n) is 11.4. The van der Waals surface area contributed by atoms with Crippen LogP contribution in [0.3, 0.4) is 0 Å². The van der Waals surface area contributed by atoms with E-state index in [0.29, 0.717) is 13.1 Å². The van der Waals surface area contributed by atoms with Gasteiger partial charge in [-0.2, -0.15) is 0 Å². The second-order valence-corrected chi connectivity index (χ2v) is 8.22. The smallest absolute Gasteiger partial charge is 0.321 e. The van der Waals surface area contributed by atoms with Gasteiger partial charge in [0.1, 0.15) is 0 Å². The second-order valence-electron chi connectivity index (χ2n) is 8.22. The zero-order valence-corrected chi connectivity index (χ0v) is 18.7. The van der Waals surface area contributed by atoms with Gasteiger partial charge < -0.3 is 15.1 Å². The van der Waals surface area contributed by atoms with Crippen molar-refractivity contribution in [1.82, 2.24) is 15.1 Å². The van der Waals surface area contributed by atoms with Gasteiger partial charge in [-0.15, -0.1) is 10.2 Å². The molecule has 2 amide bonds. The van der Waals surface area contributed by atoms with E-state index in [0.717, 1.165) is 47.8 Å². The molecule has 33 heavy (non-hydrogen) atoms. The van der Waals surface area contributed by atoms with Gasteiger partial charge in [0, 0.05) is 37.4 Å². The first-order valence-corrected chi connectivity index (χ1v) is 11.4. The number of rotatable bonds is 4. The van der Waals surface area contributed by atoms with Crippen molar-refractivity contribution >= 4 is 28.3 Å². The lowest BCUT2D eigenvalue weighted by atomic mass is 10.0. The molecule has 0 saturated carbocycles. The maximum atomic E-state index is 12.8. The number of hydrogen-bond acceptors (Lipinski definition) is 4. The summed E-state index contributed by atoms with van der Waals surface area (Å²) in [5.41, 5.74) is 3.98. The lowest BCUT2D eigenvalue weighted by Gasteiger charge is -2.35. The summed E-state index contributed by atoms with van der Waals surface area (Å²) < 4.78 is 0. The van der Waals surface area contributed by atoms with Crippen molar-refractivity contribution in [2.75, 3.05) is 36.4 Å². The number of carbonyl (C=O) groups is 1. The number of nitrogens with zero attached hydrogens (tertiary/aromatic N) is 4. The van der Waals surface area contributed by atoms with Crippen molar-refractivity contribution < 1.29 is 4.79 Å². The summed E-state index contributed by atoms with van der Waals surface area (Å²) in [4.78, 5) is 16.8. The Morgan fingerprint density at radius 2 is 1.61 bits per heavy atom. The largest absolute Gasteiger partial charge is 0.352 e. The van der Waals surface area contributed by atoms with Crippen LogP contribution < -0.4 is 10.2 Å². The third-order valence-electron chi connectivity index (χ3n) is 6.25. The van der Waals surface area contributed by atoms with Crippen molar-refractivity contribution in [3.8, 4) is 11.3 Å². The quantitative estimate of drug-likeness (QED) is 0.476. The Morgan fingerprint density at radius 1 is 0.848 bits per heavy atom. The Bertz CT molecular complexity index is 1260. The molecule has 3 aromatic carbocycles. The van der Waals surface area contributed by atoms with Gasteiger partial charge in [0.2, 0.25) is 0 Å². The van der Waals surface area contributed by atoms with Gasteiger partial charge in [-0.1, -0.05) is 67.6 Å². The maximum absolute atomic E-state index is 12.8. The van der Waals surface area contributed by atoms with E-state index in [2.05, 4.69) is 57.7 Å². The predicted octanol–water partition coefficient (Wildman–Crippen LogP) is 5.21. The molecule has 4 aromatic rings. The summed E-state index contributed by atoms with van der Waals surface area (Å²) in [6.07, 6.45) is 0.887. The number of nitrogens with one attached hydrogen (secondary N) is 1. The molecule has 6 heteroatoms. The van der Waals surface area contributed by atoms with Crippen LogP contribution in [0.2, 0.25) is 0 Å². The van der Waals surface area contributed by atoms with Gasteiger partial charge in [0.15, 0.2) is 5.82 Å². The minimum absolute atomic E-state index is 0.0482. The zero-order valence-electron chi connectivity index (χ0n) is 18.7. The van der Waals surface area contributed by atoms with Crippen LogP contribution in [0, 0.1) is 0 Å². The van der Waals surface area contributed by atoms with E-state index in [4.69, 9.17) is 0 Å². The van der Waals surface area contributed by atoms with Gasteiger partial charge in [0.05, 0.1) is 5.69 Å². The number of fused-ring (bicyclic) bond motifs is 1. The number of piperazine rings is 1. The van der Waals surface area contributed by atoms with Gasteiger partial charge in [-0.25, -0.2) is 4.79 Å². The first-order chi connectivity index (χ1) is 16.2. The number of hydrogen-bond donors (Lipinski definition) is 1. The van der Waals surface area contributed by atoms with E-state index < -0.39 is 0 Å². The summed E-state index contributed by atoms with van der Waals surface area (Å²) in [6.45, 7) is 4.84. The van der Waals surface area contributed by atoms with Gasteiger partial charge in [-0.05, 0) is 41.0 Å². The molecule has 0 bridgehead atoms. The minimum Gasteiger partial charge on any atom is -0.352 e. The number of carbonyl (C=O) groups excluding carboxylic acids is 1. The number of amides is 2. The predicted molar refractivity (Wildman–Crippen MR) is 134 cm³/mol. The molecule has 2 heterocycles. The highest BCUT2D eigenvalue weighted by atomic mass is 16.2. The Morgan fingerprint density at radius 3 is 2.39 bits per heavy atom. The van der Waals surface area contributed by atoms with E-state index in [-0.39, 0.29) is 6.03 Å². The van der Waals surface area contributed by atoms with Crippen LogP contribution >= 0.6 is 0 Å². The molecular weight excluding hydrogens is 410 g/mol. The van der Waals surface area contributed by atoms with Crippen LogP contribution in [0.25, 0.3) is 22.0 Å². The summed E-state index contributed by atoms with van der Waals surface area (Å²) in [7, 11) is 0. The summed E-state index contributed by atoms with van der Waals surface area (Å²) >= 11 is 0. The molecule has 1 fully saturated rings. The molecule has 0 unspecified atom stereocenters. The van der Waals surface area contributed by atoms with E-state index in [1.54, 1.807) is 0 Å². The van der Waals surface area contributed by atoms with Crippen LogP contribution in [0.1, 0.15) is 12.5 Å². The summed E-state index contributed by atoms with van der Waals surface area (Å²) in [6, 6.07) is 26.5. The normalized spacial score (nSPS) is 13.8. The Hall–Kier alpha value is -3.93. The van der Waals surface area contributed by atoms with Crippen LogP contribution in [0.5, 0.6) is 0 Å². The van der Waals surface area contributed by atoms with E-state index in [1.807, 2.05) is 53.4 Å². The average Bonchev–Trinajstić information content (AvgIpc) is 2.89. The fourth-order valence-corrected chi connectivity index (χ4v) is 4.37. The van der Waals surface area contributed by atoms with E-state index in [1.165, 1.54) is 10.8 Å². The van der Waals surface area contributed by atoms with Gasteiger partial charge in [-0.3, -0.25) is 0 Å². The maximum Gasteiger partial charge on any atom is 0.321 e. The van der Waals surface area contributed by atoms with Gasteiger partial charge in [0.25, 0.3) is 0 Å². The van der Waals surface area contributed by atoms with Crippen LogP contribution in [-0.2, 0) is 6.42 Å². The Kier molecular flexibility index (Phi) is 5.89. The van der Waals surface area contributed by atoms with Crippen molar-refractivity contribution in [2.45, 2.75) is 13.3 Å². The highest BCUT2D eigenvalue weighted by molar-refractivity contribution is 5.95. The molecular formula is C27H27N5O. The SMILES string of the molecule is CCc1ccccc1NC(=O)N1CCN(c2ccc(-c3cccc4ccccc34)nn2)CC1. The third kappa shape index (κ3) is 4.37. The van der Waals surface area contributed by atoms with Crippen LogP contribution in [0.15, 0.2) is 78.9 Å². The molecule has 6 nitrogen and oxygen atoms in total. The molecule has 1 N–H and O–H groups in total. The molecule has 0 aliphatic carbocycles. The van der Waals surface area contributed by atoms with E-state index >= 15 is 0 Å². The summed E-state index contributed by atoms with van der Waals surface area (Å²) in [5, 5.41) is 14.5. The fourth-order valence-electron chi connectivity index (χ4n) is 4.37. The van der Waals surface area contributed by atoms with Crippen molar-refractivity contribution in [1.29, 1.82) is 0 Å². The number of urea groups is 1. The third-order valence-corrected chi connectivity index (χ3v) is 6.25. The van der Waals surface area contributed by atoms with Crippen molar-refractivity contribution in [3.63, 3.8) is 0 Å². The standard InChI is InChI=1S/C27H27N5O/c1-2-20-8-4-6-13-24(20)28-27(33)32-18-16-31(17-19-32)26-15-14-25(29-30-26)23-12-7-10-21-9-3-5-11-22(21)23/h3-15H,2,16-19H2,1H3,(H,28,33). The molecule has 0 atom stereocenters. The lowest BCUT2D eigenvalue weighted by molar-refractivity contribution is 0.208. The minimum atomic E-state index is -0.0482. The Balaban J connectivity index is 1.24. The molecule has 1 aromatic heterocycles. The highest BCUT2D eigenvalue weighted by Gasteiger charge is 2.22. The lowest BCUT2D eigenvalue weighted by Crippen LogP contribution is -2.50. The molecule has 0 radical (unpaired) electrons. The number of anilines is 2. The first kappa shape index (κ1) is 20.9. The van der Waals surface area contributed by atoms with Crippen LogP contribution in [0.4, 0.5) is 16.3 Å².